The van der Waals surface area contributed by atoms with Crippen LogP contribution in [0, 0.1) is 6.92 Å². The fraction of sp³-hybridized carbons (Fsp3) is 0.412. The fourth-order valence-electron chi connectivity index (χ4n) is 2.46. The van der Waals surface area contributed by atoms with Gasteiger partial charge in [0.15, 0.2) is 0 Å². The van der Waals surface area contributed by atoms with Crippen LogP contribution >= 0.6 is 28.3 Å². The zero-order valence-corrected chi connectivity index (χ0v) is 16.4. The number of hydrogen-bond donors (Lipinski definition) is 2. The molecule has 2 aromatic rings. The van der Waals surface area contributed by atoms with Gasteiger partial charge in [0, 0.05) is 17.1 Å². The average Bonchev–Trinajstić information content (AvgIpc) is 2.93. The molecule has 24 heavy (non-hydrogen) atoms. The van der Waals surface area contributed by atoms with Crippen LogP contribution in [-0.2, 0) is 0 Å². The molecule has 1 atom stereocenters. The second-order valence-electron chi connectivity index (χ2n) is 5.58. The largest absolute Gasteiger partial charge is 0.348 e. The Hall–Kier alpha value is -1.37. The van der Waals surface area contributed by atoms with Crippen molar-refractivity contribution in [1.29, 1.82) is 0 Å². The van der Waals surface area contributed by atoms with Gasteiger partial charge in [-0.3, -0.25) is 4.79 Å². The van der Waals surface area contributed by atoms with Gasteiger partial charge in [0.2, 0.25) is 0 Å². The second-order valence-corrected chi connectivity index (χ2v) is 6.50. The van der Waals surface area contributed by atoms with Crippen LogP contribution in [0.15, 0.2) is 34.9 Å². The number of rotatable bonds is 7. The molecule has 0 aliphatic heterocycles. The monoisotopic (exact) mass is 414 g/mol. The minimum Gasteiger partial charge on any atom is -0.348 e. The van der Waals surface area contributed by atoms with E-state index in [-0.39, 0.29) is 24.4 Å². The van der Waals surface area contributed by atoms with Crippen LogP contribution in [0.5, 0.6) is 0 Å². The first-order valence-corrected chi connectivity index (χ1v) is 8.67. The van der Waals surface area contributed by atoms with Gasteiger partial charge < -0.3 is 11.1 Å². The molecule has 132 valence electrons. The first kappa shape index (κ1) is 20.7. The van der Waals surface area contributed by atoms with Gasteiger partial charge in [-0.2, -0.15) is 5.10 Å². The van der Waals surface area contributed by atoms with Gasteiger partial charge in [-0.1, -0.05) is 41.8 Å². The molecule has 0 aliphatic carbocycles. The van der Waals surface area contributed by atoms with Crippen molar-refractivity contribution in [1.82, 2.24) is 15.1 Å². The van der Waals surface area contributed by atoms with Gasteiger partial charge in [-0.15, -0.1) is 12.4 Å². The number of nitrogens with zero attached hydrogens (tertiary/aromatic N) is 2. The molecule has 0 fully saturated rings. The summed E-state index contributed by atoms with van der Waals surface area (Å²) in [6.45, 7) is 4.47. The molecule has 1 aromatic carbocycles. The predicted molar refractivity (Wildman–Crippen MR) is 103 cm³/mol. The number of nitrogens with one attached hydrogen (secondary N) is 1. The molecule has 1 heterocycles. The Kier molecular flexibility index (Phi) is 8.45. The summed E-state index contributed by atoms with van der Waals surface area (Å²) >= 11 is 3.45. The van der Waals surface area contributed by atoms with E-state index in [9.17, 15) is 4.79 Å². The van der Waals surface area contributed by atoms with E-state index in [0.717, 1.165) is 35.1 Å². The Morgan fingerprint density at radius 1 is 1.46 bits per heavy atom. The Morgan fingerprint density at radius 3 is 2.83 bits per heavy atom. The van der Waals surface area contributed by atoms with E-state index in [4.69, 9.17) is 5.73 Å². The molecule has 5 nitrogen and oxygen atoms in total. The third kappa shape index (κ3) is 5.06. The van der Waals surface area contributed by atoms with Gasteiger partial charge in [0.05, 0.1) is 23.1 Å². The molecule has 0 saturated heterocycles. The normalized spacial score (nSPS) is 11.7. The Balaban J connectivity index is 0.00000288. The van der Waals surface area contributed by atoms with Crippen molar-refractivity contribution in [3.05, 3.63) is 46.2 Å². The molecule has 0 radical (unpaired) electrons. The Labute approximate surface area is 157 Å². The van der Waals surface area contributed by atoms with Crippen molar-refractivity contribution in [2.45, 2.75) is 39.2 Å². The number of nitrogens with two attached hydrogens (primary N) is 1. The van der Waals surface area contributed by atoms with Gasteiger partial charge in [0.25, 0.3) is 5.91 Å². The van der Waals surface area contributed by atoms with E-state index in [0.29, 0.717) is 12.1 Å². The topological polar surface area (TPSA) is 72.9 Å². The number of hydrogen-bond acceptors (Lipinski definition) is 3. The van der Waals surface area contributed by atoms with Crippen LogP contribution in [0.2, 0.25) is 0 Å². The van der Waals surface area contributed by atoms with E-state index in [1.807, 2.05) is 31.2 Å². The lowest BCUT2D eigenvalue weighted by atomic mass is 10.1. The lowest BCUT2D eigenvalue weighted by Crippen LogP contribution is -2.40. The van der Waals surface area contributed by atoms with Crippen molar-refractivity contribution in [3.8, 4) is 5.69 Å². The third-order valence-corrected chi connectivity index (χ3v) is 4.33. The van der Waals surface area contributed by atoms with E-state index < -0.39 is 0 Å². The highest BCUT2D eigenvalue weighted by molar-refractivity contribution is 9.10. The molecule has 3 N–H and O–H groups in total. The molecule has 1 aromatic heterocycles. The molecule has 0 spiro atoms. The quantitative estimate of drug-likeness (QED) is 0.725. The fourth-order valence-corrected chi connectivity index (χ4v) is 2.85. The van der Waals surface area contributed by atoms with Crippen molar-refractivity contribution >= 4 is 34.2 Å². The van der Waals surface area contributed by atoms with Crippen LogP contribution in [0.1, 0.15) is 42.2 Å². The zero-order valence-electron chi connectivity index (χ0n) is 14.0. The van der Waals surface area contributed by atoms with E-state index in [1.165, 1.54) is 0 Å². The molecular weight excluding hydrogens is 392 g/mol. The van der Waals surface area contributed by atoms with E-state index in [2.05, 4.69) is 33.3 Å². The van der Waals surface area contributed by atoms with Gasteiger partial charge in [-0.05, 0) is 31.5 Å². The number of halogens is 2. The summed E-state index contributed by atoms with van der Waals surface area (Å²) in [6, 6.07) is 7.82. The van der Waals surface area contributed by atoms with Crippen molar-refractivity contribution < 1.29 is 4.79 Å². The number of benzene rings is 1. The highest BCUT2D eigenvalue weighted by Crippen LogP contribution is 2.18. The number of amides is 1. The highest BCUT2D eigenvalue weighted by Gasteiger charge is 2.18. The molecule has 0 bridgehead atoms. The lowest BCUT2D eigenvalue weighted by Gasteiger charge is -2.16. The summed E-state index contributed by atoms with van der Waals surface area (Å²) in [4.78, 5) is 12.5. The summed E-state index contributed by atoms with van der Waals surface area (Å²) in [5.74, 6) is -0.115. The average molecular weight is 416 g/mol. The zero-order chi connectivity index (χ0) is 16.8. The maximum Gasteiger partial charge on any atom is 0.255 e. The number of carbonyl (C=O) groups is 1. The van der Waals surface area contributed by atoms with Crippen LogP contribution < -0.4 is 11.1 Å². The van der Waals surface area contributed by atoms with Crippen LogP contribution in [0.25, 0.3) is 5.69 Å². The SMILES string of the molecule is CCCCC(CN)NC(=O)c1cnn(-c2cccc(Br)c2)c1C.Cl. The number of unbranched alkanes of at least 4 members (excludes halogenated alkanes) is 1. The number of aromatic nitrogens is 2. The smallest absolute Gasteiger partial charge is 0.255 e. The van der Waals surface area contributed by atoms with E-state index in [1.54, 1.807) is 10.9 Å². The lowest BCUT2D eigenvalue weighted by molar-refractivity contribution is 0.0935. The van der Waals surface area contributed by atoms with Crippen molar-refractivity contribution in [2.24, 2.45) is 5.73 Å². The molecule has 1 unspecified atom stereocenters. The number of carbonyl (C=O) groups excluding carboxylic acids is 1. The third-order valence-electron chi connectivity index (χ3n) is 3.83. The second kappa shape index (κ2) is 9.81. The predicted octanol–water partition coefficient (Wildman–Crippen LogP) is 3.61. The summed E-state index contributed by atoms with van der Waals surface area (Å²) < 4.78 is 2.74. The van der Waals surface area contributed by atoms with Crippen LogP contribution in [0.3, 0.4) is 0 Å². The maximum atomic E-state index is 12.5. The van der Waals surface area contributed by atoms with E-state index >= 15 is 0 Å². The minimum absolute atomic E-state index is 0. The molecule has 0 saturated carbocycles. The Morgan fingerprint density at radius 2 is 2.21 bits per heavy atom. The molecule has 1 amide bonds. The highest BCUT2D eigenvalue weighted by atomic mass is 79.9. The molecule has 7 heteroatoms. The summed E-state index contributed by atoms with van der Waals surface area (Å²) in [6.07, 6.45) is 4.65. The summed E-state index contributed by atoms with van der Waals surface area (Å²) in [5, 5.41) is 7.36. The van der Waals surface area contributed by atoms with Gasteiger partial charge in [0.1, 0.15) is 0 Å². The first-order valence-electron chi connectivity index (χ1n) is 7.88. The molecular formula is C17H24BrClN4O. The first-order chi connectivity index (χ1) is 11.1. The summed E-state index contributed by atoms with van der Waals surface area (Å²) in [5.41, 5.74) is 8.06. The van der Waals surface area contributed by atoms with Crippen molar-refractivity contribution in [2.75, 3.05) is 6.54 Å². The standard InChI is InChI=1S/C17H23BrN4O.ClH/c1-3-4-7-14(10-19)21-17(23)16-11-20-22(12(16)2)15-8-5-6-13(18)9-15;/h5-6,8-9,11,14H,3-4,7,10,19H2,1-2H3,(H,21,23);1H. The van der Waals surface area contributed by atoms with Crippen molar-refractivity contribution in [3.63, 3.8) is 0 Å². The van der Waals surface area contributed by atoms with Gasteiger partial charge >= 0.3 is 0 Å². The van der Waals surface area contributed by atoms with Crippen LogP contribution in [-0.4, -0.2) is 28.3 Å². The molecule has 0 aliphatic rings. The Bertz CT molecular complexity index is 674. The summed E-state index contributed by atoms with van der Waals surface area (Å²) in [7, 11) is 0. The minimum atomic E-state index is -0.115. The molecule has 2 rings (SSSR count). The van der Waals surface area contributed by atoms with Gasteiger partial charge in [-0.25, -0.2) is 4.68 Å². The van der Waals surface area contributed by atoms with Crippen LogP contribution in [0.4, 0.5) is 0 Å². The maximum absolute atomic E-state index is 12.5.